The number of aromatic nitrogens is 1. The minimum atomic E-state index is -0.423. The highest BCUT2D eigenvalue weighted by Gasteiger charge is 2.12. The Labute approximate surface area is 109 Å². The maximum absolute atomic E-state index is 10.9. The van der Waals surface area contributed by atoms with Crippen LogP contribution < -0.4 is 5.32 Å². The lowest BCUT2D eigenvalue weighted by Gasteiger charge is -2.06. The van der Waals surface area contributed by atoms with Gasteiger partial charge >= 0.3 is 0 Å². The molecule has 3 rings (SSSR count). The fourth-order valence-corrected chi connectivity index (χ4v) is 1.96. The fraction of sp³-hybridized carbons (Fsp3) is 0. The molecule has 19 heavy (non-hydrogen) atoms. The smallest absolute Gasteiger partial charge is 0.293 e. The second kappa shape index (κ2) is 4.45. The number of aromatic amines is 1. The van der Waals surface area contributed by atoms with Crippen LogP contribution >= 0.6 is 0 Å². The summed E-state index contributed by atoms with van der Waals surface area (Å²) in [7, 11) is 0. The van der Waals surface area contributed by atoms with Crippen LogP contribution in [0.2, 0.25) is 0 Å². The normalized spacial score (nSPS) is 10.5. The largest absolute Gasteiger partial charge is 0.361 e. The molecule has 0 bridgehead atoms. The van der Waals surface area contributed by atoms with E-state index < -0.39 is 4.92 Å². The van der Waals surface area contributed by atoms with Crippen molar-refractivity contribution in [2.75, 3.05) is 5.32 Å². The summed E-state index contributed by atoms with van der Waals surface area (Å²) in [4.78, 5) is 13.6. The van der Waals surface area contributed by atoms with Crippen molar-refractivity contribution in [1.29, 1.82) is 0 Å². The van der Waals surface area contributed by atoms with Gasteiger partial charge in [0.15, 0.2) is 0 Å². The number of hydrogen-bond acceptors (Lipinski definition) is 3. The molecule has 3 aromatic rings. The third-order valence-electron chi connectivity index (χ3n) is 2.85. The third kappa shape index (κ3) is 2.13. The van der Waals surface area contributed by atoms with Crippen LogP contribution in [0.25, 0.3) is 10.9 Å². The zero-order valence-corrected chi connectivity index (χ0v) is 9.88. The van der Waals surface area contributed by atoms with E-state index in [1.165, 1.54) is 6.07 Å². The summed E-state index contributed by atoms with van der Waals surface area (Å²) in [6.45, 7) is 0. The molecule has 5 heteroatoms. The lowest BCUT2D eigenvalue weighted by Crippen LogP contribution is -1.96. The van der Waals surface area contributed by atoms with Crippen LogP contribution in [0.5, 0.6) is 0 Å². The van der Waals surface area contributed by atoms with Crippen LogP contribution in [0.4, 0.5) is 17.1 Å². The molecular weight excluding hydrogens is 242 g/mol. The number of nitro groups is 1. The van der Waals surface area contributed by atoms with Gasteiger partial charge in [0, 0.05) is 34.9 Å². The van der Waals surface area contributed by atoms with Gasteiger partial charge in [0.25, 0.3) is 5.69 Å². The number of fused-ring (bicyclic) bond motifs is 1. The number of para-hydroxylation sites is 1. The number of nitrogens with one attached hydrogen (secondary N) is 2. The van der Waals surface area contributed by atoms with Crippen molar-refractivity contribution in [3.8, 4) is 0 Å². The first-order valence-corrected chi connectivity index (χ1v) is 5.73. The van der Waals surface area contributed by atoms with Crippen molar-refractivity contribution in [3.63, 3.8) is 0 Å². The highest BCUT2D eigenvalue weighted by molar-refractivity contribution is 5.84. The molecule has 1 heterocycles. The molecule has 0 aliphatic carbocycles. The Balaban J connectivity index is 1.98. The Bertz CT molecular complexity index is 749. The second-order valence-electron chi connectivity index (χ2n) is 4.09. The van der Waals surface area contributed by atoms with Gasteiger partial charge in [-0.1, -0.05) is 12.1 Å². The van der Waals surface area contributed by atoms with E-state index in [4.69, 9.17) is 0 Å². The second-order valence-corrected chi connectivity index (χ2v) is 4.09. The molecule has 0 aliphatic heterocycles. The highest BCUT2D eigenvalue weighted by Crippen LogP contribution is 2.27. The van der Waals surface area contributed by atoms with Crippen molar-refractivity contribution in [3.05, 3.63) is 64.8 Å². The zero-order chi connectivity index (χ0) is 13.2. The first-order valence-electron chi connectivity index (χ1n) is 5.73. The van der Waals surface area contributed by atoms with Gasteiger partial charge in [-0.25, -0.2) is 0 Å². The van der Waals surface area contributed by atoms with Crippen molar-refractivity contribution in [2.45, 2.75) is 0 Å². The molecule has 93 valence electrons. The van der Waals surface area contributed by atoms with E-state index in [1.54, 1.807) is 12.1 Å². The first-order chi connectivity index (χ1) is 9.24. The SMILES string of the molecule is O=[N+]([O-])c1ccc[c]c1Nc1ccc2[nH]ccc2c1. The molecule has 1 radical (unpaired) electrons. The van der Waals surface area contributed by atoms with Gasteiger partial charge in [-0.3, -0.25) is 10.1 Å². The Morgan fingerprint density at radius 1 is 1.26 bits per heavy atom. The Hall–Kier alpha value is -2.82. The van der Waals surface area contributed by atoms with Crippen LogP contribution in [0, 0.1) is 16.2 Å². The predicted octanol–water partition coefficient (Wildman–Crippen LogP) is 3.62. The van der Waals surface area contributed by atoms with Crippen LogP contribution in [-0.2, 0) is 0 Å². The van der Waals surface area contributed by atoms with Crippen LogP contribution in [0.1, 0.15) is 0 Å². The van der Waals surface area contributed by atoms with E-state index in [0.717, 1.165) is 16.6 Å². The van der Waals surface area contributed by atoms with Crippen molar-refractivity contribution >= 4 is 28.0 Å². The number of nitro benzene ring substituents is 1. The van der Waals surface area contributed by atoms with E-state index in [0.29, 0.717) is 5.69 Å². The molecule has 0 aliphatic rings. The number of nitrogens with zero attached hydrogens (tertiary/aromatic N) is 1. The topological polar surface area (TPSA) is 71.0 Å². The number of H-pyrrole nitrogens is 1. The van der Waals surface area contributed by atoms with E-state index in [2.05, 4.69) is 16.4 Å². The molecule has 5 nitrogen and oxygen atoms in total. The molecule has 1 aromatic heterocycles. The number of benzene rings is 2. The van der Waals surface area contributed by atoms with Crippen LogP contribution in [0.3, 0.4) is 0 Å². The Kier molecular flexibility index (Phi) is 2.64. The molecule has 0 atom stereocenters. The lowest BCUT2D eigenvalue weighted by atomic mass is 10.2. The van der Waals surface area contributed by atoms with Crippen LogP contribution in [0.15, 0.2) is 48.7 Å². The van der Waals surface area contributed by atoms with Gasteiger partial charge in [0.1, 0.15) is 5.69 Å². The quantitative estimate of drug-likeness (QED) is 0.552. The van der Waals surface area contributed by atoms with Crippen LogP contribution in [-0.4, -0.2) is 9.91 Å². The van der Waals surface area contributed by atoms with Gasteiger partial charge in [-0.2, -0.15) is 0 Å². The summed E-state index contributed by atoms with van der Waals surface area (Å²) in [5, 5.41) is 15.0. The van der Waals surface area contributed by atoms with Gasteiger partial charge in [-0.15, -0.1) is 0 Å². The fourth-order valence-electron chi connectivity index (χ4n) is 1.96. The Morgan fingerprint density at radius 3 is 3.00 bits per heavy atom. The molecule has 0 saturated heterocycles. The summed E-state index contributed by atoms with van der Waals surface area (Å²) >= 11 is 0. The van der Waals surface area contributed by atoms with Gasteiger partial charge < -0.3 is 10.3 Å². The summed E-state index contributed by atoms with van der Waals surface area (Å²) in [5.41, 5.74) is 2.19. The molecule has 2 N–H and O–H groups in total. The average Bonchev–Trinajstić information content (AvgIpc) is 2.86. The first kappa shape index (κ1) is 11.3. The van der Waals surface area contributed by atoms with Gasteiger partial charge in [-0.05, 0) is 24.3 Å². The molecular formula is C14H10N3O2. The van der Waals surface area contributed by atoms with E-state index in [1.807, 2.05) is 30.5 Å². The minimum Gasteiger partial charge on any atom is -0.361 e. The van der Waals surface area contributed by atoms with Crippen molar-refractivity contribution in [2.24, 2.45) is 0 Å². The molecule has 2 aromatic carbocycles. The molecule has 0 spiro atoms. The number of anilines is 2. The van der Waals surface area contributed by atoms with Gasteiger partial charge in [0.05, 0.1) is 4.92 Å². The number of rotatable bonds is 3. The molecule has 0 fully saturated rings. The van der Waals surface area contributed by atoms with E-state index in [9.17, 15) is 10.1 Å². The zero-order valence-electron chi connectivity index (χ0n) is 9.88. The van der Waals surface area contributed by atoms with Gasteiger partial charge in [0.2, 0.25) is 0 Å². The molecule has 0 amide bonds. The summed E-state index contributed by atoms with van der Waals surface area (Å²) in [5.74, 6) is 0. The standard InChI is InChI=1S/C14H10N3O2/c18-17(19)14-4-2-1-3-13(14)16-11-5-6-12-10(9-11)7-8-15-12/h1-2,4-9,15-16H. The Morgan fingerprint density at radius 2 is 2.16 bits per heavy atom. The lowest BCUT2D eigenvalue weighted by molar-refractivity contribution is -0.383. The molecule has 0 unspecified atom stereocenters. The summed E-state index contributed by atoms with van der Waals surface area (Å²) < 4.78 is 0. The molecule has 0 saturated carbocycles. The highest BCUT2D eigenvalue weighted by atomic mass is 16.6. The van der Waals surface area contributed by atoms with Crippen molar-refractivity contribution in [1.82, 2.24) is 4.98 Å². The van der Waals surface area contributed by atoms with E-state index >= 15 is 0 Å². The maximum atomic E-state index is 10.9. The van der Waals surface area contributed by atoms with Crippen molar-refractivity contribution < 1.29 is 4.92 Å². The monoisotopic (exact) mass is 252 g/mol. The predicted molar refractivity (Wildman–Crippen MR) is 73.5 cm³/mol. The minimum absolute atomic E-state index is 0.0108. The summed E-state index contributed by atoms with van der Waals surface area (Å²) in [6, 6.07) is 15.2. The average molecular weight is 252 g/mol. The number of hydrogen-bond donors (Lipinski definition) is 2. The third-order valence-corrected chi connectivity index (χ3v) is 2.85. The maximum Gasteiger partial charge on any atom is 0.293 e. The van der Waals surface area contributed by atoms with E-state index in [-0.39, 0.29) is 5.69 Å². The summed E-state index contributed by atoms with van der Waals surface area (Å²) in [6.07, 6.45) is 1.85.